The summed E-state index contributed by atoms with van der Waals surface area (Å²) in [5.41, 5.74) is 4.13. The molecular weight excluding hydrogens is 444 g/mol. The van der Waals surface area contributed by atoms with E-state index < -0.39 is 5.60 Å². The molecule has 2 N–H and O–H groups in total. The molecule has 32 heavy (non-hydrogen) atoms. The quantitative estimate of drug-likeness (QED) is 0.441. The molecule has 6 rings (SSSR count). The van der Waals surface area contributed by atoms with E-state index in [0.717, 1.165) is 39.3 Å². The largest absolute Gasteiger partial charge is 0.378 e. The van der Waals surface area contributed by atoms with Gasteiger partial charge in [0.1, 0.15) is 10.7 Å². The van der Waals surface area contributed by atoms with Gasteiger partial charge in [-0.25, -0.2) is 9.97 Å². The van der Waals surface area contributed by atoms with Gasteiger partial charge in [0.25, 0.3) is 0 Å². The smallest absolute Gasteiger partial charge is 0.162 e. The topological polar surface area (TPSA) is 74.3 Å². The van der Waals surface area contributed by atoms with Crippen molar-refractivity contribution in [3.8, 4) is 21.7 Å². The van der Waals surface area contributed by atoms with Crippen LogP contribution in [0.4, 0.5) is 0 Å². The zero-order valence-electron chi connectivity index (χ0n) is 17.5. The standard InChI is InChI=1S/C24H23ClN4O2S/c25-18-10-26-22-17(21(18)20-11-27-23(32-20)24(30)13-31-14-24)9-19(28-22)16-5-3-15(4-6-16)12-29-7-1-2-8-29/h3-6,9-11,30H,1-2,7-8,12-14H2,(H,26,28). The van der Waals surface area contributed by atoms with Crippen molar-refractivity contribution in [2.24, 2.45) is 0 Å². The molecule has 8 heteroatoms. The molecule has 0 bridgehead atoms. The zero-order valence-corrected chi connectivity index (χ0v) is 19.0. The van der Waals surface area contributed by atoms with E-state index in [4.69, 9.17) is 16.3 Å². The molecule has 1 aromatic carbocycles. The van der Waals surface area contributed by atoms with Crippen molar-refractivity contribution in [2.45, 2.75) is 25.0 Å². The minimum atomic E-state index is -0.984. The van der Waals surface area contributed by atoms with Crippen molar-refractivity contribution in [3.63, 3.8) is 0 Å². The fraction of sp³-hybridized carbons (Fsp3) is 0.333. The molecule has 2 aliphatic rings. The Kier molecular flexibility index (Phi) is 5.04. The van der Waals surface area contributed by atoms with E-state index in [0.29, 0.717) is 10.0 Å². The molecule has 0 unspecified atom stereocenters. The molecule has 5 heterocycles. The molecule has 4 aromatic rings. The zero-order chi connectivity index (χ0) is 21.7. The highest BCUT2D eigenvalue weighted by Gasteiger charge is 2.41. The number of ether oxygens (including phenoxy) is 1. The Balaban J connectivity index is 1.33. The average molecular weight is 467 g/mol. The van der Waals surface area contributed by atoms with Crippen LogP contribution in [0.3, 0.4) is 0 Å². The van der Waals surface area contributed by atoms with Crippen LogP contribution < -0.4 is 0 Å². The minimum Gasteiger partial charge on any atom is -0.378 e. The second kappa shape index (κ2) is 7.93. The van der Waals surface area contributed by atoms with Gasteiger partial charge in [-0.1, -0.05) is 35.9 Å². The summed E-state index contributed by atoms with van der Waals surface area (Å²) in [6, 6.07) is 10.8. The van der Waals surface area contributed by atoms with Crippen molar-refractivity contribution in [2.75, 3.05) is 26.3 Å². The van der Waals surface area contributed by atoms with Crippen molar-refractivity contribution in [1.82, 2.24) is 19.9 Å². The molecule has 3 aromatic heterocycles. The Morgan fingerprint density at radius 2 is 1.91 bits per heavy atom. The van der Waals surface area contributed by atoms with E-state index in [9.17, 15) is 5.11 Å². The first kappa shape index (κ1) is 20.3. The fourth-order valence-corrected chi connectivity index (χ4v) is 5.83. The van der Waals surface area contributed by atoms with E-state index in [1.54, 1.807) is 12.4 Å². The summed E-state index contributed by atoms with van der Waals surface area (Å²) in [6.07, 6.45) is 6.05. The summed E-state index contributed by atoms with van der Waals surface area (Å²) in [4.78, 5) is 15.8. The Hall–Kier alpha value is -2.29. The van der Waals surface area contributed by atoms with Gasteiger partial charge in [-0.2, -0.15) is 0 Å². The molecule has 6 nitrogen and oxygen atoms in total. The van der Waals surface area contributed by atoms with Gasteiger partial charge in [-0.05, 0) is 43.1 Å². The van der Waals surface area contributed by atoms with Crippen molar-refractivity contribution < 1.29 is 9.84 Å². The van der Waals surface area contributed by atoms with Crippen molar-refractivity contribution in [3.05, 3.63) is 58.3 Å². The number of likely N-dealkylation sites (tertiary alicyclic amines) is 1. The summed E-state index contributed by atoms with van der Waals surface area (Å²) in [6.45, 7) is 3.97. The molecule has 164 valence electrons. The van der Waals surface area contributed by atoms with Crippen molar-refractivity contribution >= 4 is 34.0 Å². The lowest BCUT2D eigenvalue weighted by atomic mass is 10.0. The Labute approximate surface area is 194 Å². The molecule has 2 saturated heterocycles. The van der Waals surface area contributed by atoms with Crippen LogP contribution in [-0.4, -0.2) is 51.3 Å². The van der Waals surface area contributed by atoms with Gasteiger partial charge in [0.05, 0.1) is 23.1 Å². The number of fused-ring (bicyclic) bond motifs is 1. The summed E-state index contributed by atoms with van der Waals surface area (Å²) in [5.74, 6) is 0. The number of hydrogen-bond acceptors (Lipinski definition) is 6. The lowest BCUT2D eigenvalue weighted by Gasteiger charge is -2.34. The molecule has 0 amide bonds. The number of halogens is 1. The van der Waals surface area contributed by atoms with Gasteiger partial charge in [0, 0.05) is 35.6 Å². The predicted octanol–water partition coefficient (Wildman–Crippen LogP) is 4.82. The number of rotatable bonds is 5. The van der Waals surface area contributed by atoms with Crippen LogP contribution >= 0.6 is 22.9 Å². The predicted molar refractivity (Wildman–Crippen MR) is 127 cm³/mol. The van der Waals surface area contributed by atoms with Crippen LogP contribution in [0.5, 0.6) is 0 Å². The maximum Gasteiger partial charge on any atom is 0.162 e. The Morgan fingerprint density at radius 3 is 2.62 bits per heavy atom. The normalized spacial score (nSPS) is 18.3. The number of aliphatic hydroxyl groups is 1. The molecule has 0 spiro atoms. The number of nitrogens with one attached hydrogen (secondary N) is 1. The number of aromatic amines is 1. The van der Waals surface area contributed by atoms with E-state index in [1.165, 1.54) is 42.8 Å². The molecule has 0 aliphatic carbocycles. The fourth-order valence-electron chi connectivity index (χ4n) is 4.47. The first-order valence-electron chi connectivity index (χ1n) is 10.8. The molecule has 0 radical (unpaired) electrons. The van der Waals surface area contributed by atoms with E-state index >= 15 is 0 Å². The highest BCUT2D eigenvalue weighted by atomic mass is 35.5. The van der Waals surface area contributed by atoms with Crippen LogP contribution in [0, 0.1) is 0 Å². The number of benzene rings is 1. The third-order valence-corrected chi connectivity index (χ3v) is 7.81. The lowest BCUT2D eigenvalue weighted by molar-refractivity contribution is -0.184. The summed E-state index contributed by atoms with van der Waals surface area (Å²) in [5, 5.41) is 12.7. The van der Waals surface area contributed by atoms with Crippen LogP contribution in [0.15, 0.2) is 42.7 Å². The SMILES string of the molecule is OC1(c2ncc(-c3c(Cl)cnc4[nH]c(-c5ccc(CN6CCCC6)cc5)cc34)s2)COC1. The van der Waals surface area contributed by atoms with Gasteiger partial charge < -0.3 is 14.8 Å². The van der Waals surface area contributed by atoms with Crippen molar-refractivity contribution in [1.29, 1.82) is 0 Å². The number of pyridine rings is 1. The molecule has 2 fully saturated rings. The van der Waals surface area contributed by atoms with Gasteiger partial charge >= 0.3 is 0 Å². The molecule has 2 aliphatic heterocycles. The number of thiazole rings is 1. The van der Waals surface area contributed by atoms with E-state index in [2.05, 4.69) is 50.2 Å². The third kappa shape index (κ3) is 3.54. The number of aromatic nitrogens is 3. The van der Waals surface area contributed by atoms with E-state index in [-0.39, 0.29) is 13.2 Å². The third-order valence-electron chi connectivity index (χ3n) is 6.31. The highest BCUT2D eigenvalue weighted by molar-refractivity contribution is 7.15. The van der Waals surface area contributed by atoms with Gasteiger partial charge in [0.15, 0.2) is 5.60 Å². The summed E-state index contributed by atoms with van der Waals surface area (Å²) >= 11 is 8.02. The van der Waals surface area contributed by atoms with Crippen LogP contribution in [0.1, 0.15) is 23.4 Å². The molecular formula is C24H23ClN4O2S. The van der Waals surface area contributed by atoms with Crippen LogP contribution in [0.2, 0.25) is 5.02 Å². The molecule has 0 atom stereocenters. The minimum absolute atomic E-state index is 0.279. The maximum absolute atomic E-state index is 10.6. The maximum atomic E-state index is 10.6. The monoisotopic (exact) mass is 466 g/mol. The Morgan fingerprint density at radius 1 is 1.12 bits per heavy atom. The van der Waals surface area contributed by atoms with Gasteiger partial charge in [-0.3, -0.25) is 4.90 Å². The number of nitrogens with zero attached hydrogens (tertiary/aromatic N) is 3. The van der Waals surface area contributed by atoms with Gasteiger partial charge in [-0.15, -0.1) is 11.3 Å². The second-order valence-electron chi connectivity index (χ2n) is 8.66. The Bertz CT molecular complexity index is 1270. The van der Waals surface area contributed by atoms with Crippen LogP contribution in [-0.2, 0) is 16.9 Å². The number of hydrogen-bond donors (Lipinski definition) is 2. The summed E-state index contributed by atoms with van der Waals surface area (Å²) < 4.78 is 5.17. The first-order chi connectivity index (χ1) is 15.6. The first-order valence-corrected chi connectivity index (χ1v) is 12.0. The summed E-state index contributed by atoms with van der Waals surface area (Å²) in [7, 11) is 0. The van der Waals surface area contributed by atoms with Crippen LogP contribution in [0.25, 0.3) is 32.7 Å². The second-order valence-corrected chi connectivity index (χ2v) is 10.1. The lowest BCUT2D eigenvalue weighted by Crippen LogP contribution is -2.46. The average Bonchev–Trinajstić information content (AvgIpc) is 3.53. The number of H-pyrrole nitrogens is 1. The van der Waals surface area contributed by atoms with Gasteiger partial charge in [0.2, 0.25) is 0 Å². The molecule has 0 saturated carbocycles. The highest BCUT2D eigenvalue weighted by Crippen LogP contribution is 2.41. The van der Waals surface area contributed by atoms with E-state index in [1.807, 2.05) is 0 Å².